The largest absolute Gasteiger partial charge is 0.348 e. The fourth-order valence-corrected chi connectivity index (χ4v) is 3.76. The average Bonchev–Trinajstić information content (AvgIpc) is 2.77. The number of hydrogen-bond acceptors (Lipinski definition) is 3. The van der Waals surface area contributed by atoms with Gasteiger partial charge in [0.15, 0.2) is 0 Å². The highest BCUT2D eigenvalue weighted by Crippen LogP contribution is 2.32. The molecule has 6 nitrogen and oxygen atoms in total. The van der Waals surface area contributed by atoms with Crippen LogP contribution in [0, 0.1) is 5.82 Å². The SMILES string of the molecule is C[C@@H](NC(=O)CN1C(=O)NC2(CCCCCC2)C1=O)c1ccc(F)cc1. The minimum absolute atomic E-state index is 0.297. The van der Waals surface area contributed by atoms with Gasteiger partial charge in [0, 0.05) is 0 Å². The number of urea groups is 1. The summed E-state index contributed by atoms with van der Waals surface area (Å²) in [6.45, 7) is 1.46. The van der Waals surface area contributed by atoms with Crippen molar-refractivity contribution in [2.45, 2.75) is 57.0 Å². The van der Waals surface area contributed by atoms with Crippen molar-refractivity contribution in [3.8, 4) is 0 Å². The van der Waals surface area contributed by atoms with E-state index in [1.165, 1.54) is 12.1 Å². The molecule has 0 unspecified atom stereocenters. The molecule has 4 amide bonds. The summed E-state index contributed by atoms with van der Waals surface area (Å²) < 4.78 is 13.0. The Hall–Kier alpha value is -2.44. The van der Waals surface area contributed by atoms with Crippen molar-refractivity contribution >= 4 is 17.8 Å². The lowest BCUT2D eigenvalue weighted by Crippen LogP contribution is -2.47. The topological polar surface area (TPSA) is 78.5 Å². The molecule has 1 aliphatic carbocycles. The first-order chi connectivity index (χ1) is 12.4. The van der Waals surface area contributed by atoms with Gasteiger partial charge in [-0.15, -0.1) is 0 Å². The summed E-state index contributed by atoms with van der Waals surface area (Å²) in [7, 11) is 0. The summed E-state index contributed by atoms with van der Waals surface area (Å²) in [5, 5.41) is 5.57. The second-order valence-corrected chi connectivity index (χ2v) is 7.16. The Labute approximate surface area is 152 Å². The van der Waals surface area contributed by atoms with Gasteiger partial charge in [0.2, 0.25) is 5.91 Å². The van der Waals surface area contributed by atoms with Gasteiger partial charge >= 0.3 is 6.03 Å². The van der Waals surface area contributed by atoms with Crippen molar-refractivity contribution in [2.24, 2.45) is 0 Å². The van der Waals surface area contributed by atoms with Gasteiger partial charge in [-0.25, -0.2) is 9.18 Å². The third kappa shape index (κ3) is 3.71. The van der Waals surface area contributed by atoms with Gasteiger partial charge in [-0.05, 0) is 37.5 Å². The fourth-order valence-electron chi connectivity index (χ4n) is 3.76. The minimum atomic E-state index is -0.837. The van der Waals surface area contributed by atoms with E-state index < -0.39 is 17.5 Å². The van der Waals surface area contributed by atoms with Gasteiger partial charge in [0.25, 0.3) is 5.91 Å². The van der Waals surface area contributed by atoms with Crippen molar-refractivity contribution in [3.63, 3.8) is 0 Å². The Kier molecular flexibility index (Phi) is 5.25. The second-order valence-electron chi connectivity index (χ2n) is 7.16. The third-order valence-corrected chi connectivity index (χ3v) is 5.25. The Morgan fingerprint density at radius 3 is 2.42 bits per heavy atom. The Morgan fingerprint density at radius 1 is 1.19 bits per heavy atom. The van der Waals surface area contributed by atoms with E-state index in [4.69, 9.17) is 0 Å². The summed E-state index contributed by atoms with van der Waals surface area (Å²) in [4.78, 5) is 38.4. The quantitative estimate of drug-likeness (QED) is 0.809. The number of amides is 4. The van der Waals surface area contributed by atoms with Crippen molar-refractivity contribution in [3.05, 3.63) is 35.6 Å². The number of carbonyl (C=O) groups excluding carboxylic acids is 3. The molecule has 0 aromatic heterocycles. The number of halogens is 1. The first kappa shape index (κ1) is 18.4. The molecule has 1 aliphatic heterocycles. The zero-order valence-electron chi connectivity index (χ0n) is 14.9. The molecule has 3 rings (SSSR count). The molecular formula is C19H24FN3O3. The van der Waals surface area contributed by atoms with Gasteiger partial charge in [0.05, 0.1) is 6.04 Å². The first-order valence-electron chi connectivity index (χ1n) is 9.10. The molecule has 1 aromatic carbocycles. The maximum atomic E-state index is 13.0. The molecule has 2 N–H and O–H groups in total. The summed E-state index contributed by atoms with van der Waals surface area (Å²) in [5.74, 6) is -1.06. The number of benzene rings is 1. The third-order valence-electron chi connectivity index (χ3n) is 5.25. The number of hydrogen-bond donors (Lipinski definition) is 2. The van der Waals surface area contributed by atoms with Crippen LogP contribution in [0.3, 0.4) is 0 Å². The monoisotopic (exact) mass is 361 g/mol. The maximum Gasteiger partial charge on any atom is 0.325 e. The standard InChI is InChI=1S/C19H24FN3O3/c1-13(14-6-8-15(20)9-7-14)21-16(24)12-23-17(25)19(22-18(23)26)10-4-2-3-5-11-19/h6-9,13H,2-5,10-12H2,1H3,(H,21,24)(H,22,26)/t13-/m1/s1. The lowest BCUT2D eigenvalue weighted by Gasteiger charge is -2.24. The second kappa shape index (κ2) is 7.43. The Bertz CT molecular complexity index is 696. The van der Waals surface area contributed by atoms with Crippen molar-refractivity contribution < 1.29 is 18.8 Å². The predicted octanol–water partition coefficient (Wildman–Crippen LogP) is 2.65. The van der Waals surface area contributed by atoms with E-state index in [9.17, 15) is 18.8 Å². The van der Waals surface area contributed by atoms with E-state index >= 15 is 0 Å². The number of nitrogens with one attached hydrogen (secondary N) is 2. The molecule has 2 fully saturated rings. The van der Waals surface area contributed by atoms with Crippen LogP contribution in [0.2, 0.25) is 0 Å². The van der Waals surface area contributed by atoms with Crippen LogP contribution in [0.25, 0.3) is 0 Å². The molecule has 0 radical (unpaired) electrons. The van der Waals surface area contributed by atoms with Crippen LogP contribution in [0.4, 0.5) is 9.18 Å². The van der Waals surface area contributed by atoms with Crippen LogP contribution in [-0.4, -0.2) is 34.8 Å². The van der Waals surface area contributed by atoms with Gasteiger partial charge < -0.3 is 10.6 Å². The van der Waals surface area contributed by atoms with Gasteiger partial charge in [-0.1, -0.05) is 37.8 Å². The van der Waals surface area contributed by atoms with Crippen LogP contribution in [0.1, 0.15) is 57.1 Å². The Morgan fingerprint density at radius 2 is 1.81 bits per heavy atom. The van der Waals surface area contributed by atoms with E-state index in [1.54, 1.807) is 19.1 Å². The highest BCUT2D eigenvalue weighted by atomic mass is 19.1. The molecule has 0 bridgehead atoms. The highest BCUT2D eigenvalue weighted by molar-refractivity contribution is 6.09. The molecule has 1 aromatic rings. The number of imide groups is 1. The fraction of sp³-hybridized carbons (Fsp3) is 0.526. The summed E-state index contributed by atoms with van der Waals surface area (Å²) in [5.41, 5.74) is -0.0895. The average molecular weight is 361 g/mol. The van der Waals surface area contributed by atoms with E-state index in [0.717, 1.165) is 36.1 Å². The van der Waals surface area contributed by atoms with Gasteiger partial charge in [-0.2, -0.15) is 0 Å². The highest BCUT2D eigenvalue weighted by Gasteiger charge is 2.51. The molecule has 26 heavy (non-hydrogen) atoms. The van der Waals surface area contributed by atoms with Crippen LogP contribution in [-0.2, 0) is 9.59 Å². The molecule has 140 valence electrons. The van der Waals surface area contributed by atoms with Gasteiger partial charge in [-0.3, -0.25) is 14.5 Å². The zero-order valence-corrected chi connectivity index (χ0v) is 14.9. The van der Waals surface area contributed by atoms with Crippen molar-refractivity contribution in [1.29, 1.82) is 0 Å². The van der Waals surface area contributed by atoms with Crippen LogP contribution < -0.4 is 10.6 Å². The summed E-state index contributed by atoms with van der Waals surface area (Å²) >= 11 is 0. The normalized spacial score (nSPS) is 20.6. The van der Waals surface area contributed by atoms with Crippen molar-refractivity contribution in [2.75, 3.05) is 6.54 Å². The van der Waals surface area contributed by atoms with E-state index in [2.05, 4.69) is 10.6 Å². The first-order valence-corrected chi connectivity index (χ1v) is 9.10. The number of rotatable bonds is 4. The minimum Gasteiger partial charge on any atom is -0.348 e. The Balaban J connectivity index is 1.62. The smallest absolute Gasteiger partial charge is 0.325 e. The summed E-state index contributed by atoms with van der Waals surface area (Å²) in [6.07, 6.45) is 5.16. The van der Waals surface area contributed by atoms with E-state index in [1.807, 2.05) is 0 Å². The van der Waals surface area contributed by atoms with Crippen LogP contribution in [0.5, 0.6) is 0 Å². The number of nitrogens with zero attached hydrogens (tertiary/aromatic N) is 1. The number of carbonyl (C=O) groups is 3. The summed E-state index contributed by atoms with van der Waals surface area (Å²) in [6, 6.07) is 4.98. The molecule has 1 saturated heterocycles. The zero-order chi connectivity index (χ0) is 18.7. The van der Waals surface area contributed by atoms with Gasteiger partial charge in [0.1, 0.15) is 17.9 Å². The molecule has 1 atom stereocenters. The maximum absolute atomic E-state index is 13.0. The molecule has 1 spiro atoms. The molecule has 1 saturated carbocycles. The lowest BCUT2D eigenvalue weighted by molar-refractivity contribution is -0.135. The lowest BCUT2D eigenvalue weighted by atomic mass is 9.90. The van der Waals surface area contributed by atoms with E-state index in [0.29, 0.717) is 12.8 Å². The molecule has 7 heteroatoms. The van der Waals surface area contributed by atoms with Crippen LogP contribution >= 0.6 is 0 Å². The molecule has 2 aliphatic rings. The molecular weight excluding hydrogens is 337 g/mol. The van der Waals surface area contributed by atoms with Crippen molar-refractivity contribution in [1.82, 2.24) is 15.5 Å². The van der Waals surface area contributed by atoms with E-state index in [-0.39, 0.29) is 24.3 Å². The molecule has 1 heterocycles. The predicted molar refractivity (Wildman–Crippen MR) is 93.6 cm³/mol. The van der Waals surface area contributed by atoms with Crippen LogP contribution in [0.15, 0.2) is 24.3 Å².